The average Bonchev–Trinajstić information content (AvgIpc) is 2.68. The van der Waals surface area contributed by atoms with Crippen LogP contribution in [0, 0.1) is 0 Å². The zero-order chi connectivity index (χ0) is 14.2. The van der Waals surface area contributed by atoms with Gasteiger partial charge in [0.2, 0.25) is 6.43 Å². The number of pyridine rings is 1. The van der Waals surface area contributed by atoms with E-state index in [2.05, 4.69) is 4.98 Å². The minimum Gasteiger partial charge on any atom is -0.326 e. The summed E-state index contributed by atoms with van der Waals surface area (Å²) < 4.78 is 61.2. The van der Waals surface area contributed by atoms with Crippen LogP contribution in [-0.2, 0) is 24.3 Å². The third-order valence-corrected chi connectivity index (χ3v) is 2.76. The molecule has 0 spiro atoms. The van der Waals surface area contributed by atoms with Gasteiger partial charge in [0.05, 0.1) is 6.42 Å². The number of alkyl halides is 5. The fourth-order valence-electron chi connectivity index (χ4n) is 1.92. The Morgan fingerprint density at radius 2 is 1.95 bits per heavy atom. The van der Waals surface area contributed by atoms with Crippen LogP contribution in [0.1, 0.15) is 16.8 Å². The summed E-state index contributed by atoms with van der Waals surface area (Å²) >= 11 is 0. The maximum Gasteiger partial charge on any atom is 0.471 e. The molecule has 0 saturated carbocycles. The Morgan fingerprint density at radius 3 is 2.53 bits per heavy atom. The van der Waals surface area contributed by atoms with Gasteiger partial charge in [0.25, 0.3) is 0 Å². The highest BCUT2D eigenvalue weighted by atomic mass is 19.4. The van der Waals surface area contributed by atoms with Gasteiger partial charge >= 0.3 is 12.1 Å². The third-order valence-electron chi connectivity index (χ3n) is 2.76. The average molecular weight is 280 g/mol. The molecule has 8 heteroatoms. The van der Waals surface area contributed by atoms with Crippen molar-refractivity contribution in [1.29, 1.82) is 0 Å². The van der Waals surface area contributed by atoms with Crippen LogP contribution >= 0.6 is 0 Å². The molecular weight excluding hydrogens is 271 g/mol. The Kier molecular flexibility index (Phi) is 3.42. The molecular formula is C11H9F5N2O. The van der Waals surface area contributed by atoms with Gasteiger partial charge in [-0.05, 0) is 17.2 Å². The van der Waals surface area contributed by atoms with Crippen LogP contribution in [0.2, 0.25) is 0 Å². The first-order valence-corrected chi connectivity index (χ1v) is 5.38. The monoisotopic (exact) mass is 280 g/mol. The molecule has 19 heavy (non-hydrogen) atoms. The lowest BCUT2D eigenvalue weighted by Crippen LogP contribution is -2.37. The van der Waals surface area contributed by atoms with E-state index in [1.54, 1.807) is 0 Å². The minimum absolute atomic E-state index is 0.107. The summed E-state index contributed by atoms with van der Waals surface area (Å²) in [5.74, 6) is -1.93. The zero-order valence-electron chi connectivity index (χ0n) is 9.55. The number of aromatic nitrogens is 1. The van der Waals surface area contributed by atoms with Crippen molar-refractivity contribution in [2.75, 3.05) is 0 Å². The predicted molar refractivity (Wildman–Crippen MR) is 54.3 cm³/mol. The molecule has 0 N–H and O–H groups in total. The standard InChI is InChI=1S/C11H9F5N2O/c12-9(13)2-8-1-6-4-18(5-7(6)3-17-8)10(19)11(14,15)16/h1,3,9H,2,4-5H2. The van der Waals surface area contributed by atoms with Crippen molar-refractivity contribution < 1.29 is 26.7 Å². The number of nitrogens with zero attached hydrogens (tertiary/aromatic N) is 2. The molecule has 0 atom stereocenters. The first-order chi connectivity index (χ1) is 8.77. The molecule has 1 aromatic heterocycles. The summed E-state index contributed by atoms with van der Waals surface area (Å²) in [6.45, 7) is -0.429. The molecule has 3 nitrogen and oxygen atoms in total. The Balaban J connectivity index is 2.14. The Bertz CT molecular complexity index is 500. The van der Waals surface area contributed by atoms with Crippen LogP contribution in [0.4, 0.5) is 22.0 Å². The van der Waals surface area contributed by atoms with Crippen LogP contribution in [-0.4, -0.2) is 28.4 Å². The van der Waals surface area contributed by atoms with E-state index in [-0.39, 0.29) is 18.8 Å². The molecule has 0 bridgehead atoms. The number of carbonyl (C=O) groups is 1. The molecule has 0 aliphatic carbocycles. The van der Waals surface area contributed by atoms with E-state index in [9.17, 15) is 26.7 Å². The number of carbonyl (C=O) groups excluding carboxylic acids is 1. The molecule has 0 saturated heterocycles. The molecule has 0 radical (unpaired) electrons. The topological polar surface area (TPSA) is 33.2 Å². The Labute approximate surface area is 105 Å². The van der Waals surface area contributed by atoms with Crippen LogP contribution < -0.4 is 0 Å². The van der Waals surface area contributed by atoms with Gasteiger partial charge in [0.1, 0.15) is 0 Å². The van der Waals surface area contributed by atoms with E-state index in [1.807, 2.05) is 0 Å². The van der Waals surface area contributed by atoms with Gasteiger partial charge in [-0.2, -0.15) is 13.2 Å². The van der Waals surface area contributed by atoms with E-state index in [0.29, 0.717) is 16.0 Å². The lowest BCUT2D eigenvalue weighted by molar-refractivity contribution is -0.186. The number of rotatable bonds is 2. The van der Waals surface area contributed by atoms with Crippen LogP contribution in [0.3, 0.4) is 0 Å². The normalized spacial score (nSPS) is 14.9. The van der Waals surface area contributed by atoms with Crippen molar-refractivity contribution in [2.45, 2.75) is 32.1 Å². The summed E-state index contributed by atoms with van der Waals surface area (Å²) in [6, 6.07) is 1.32. The molecule has 1 aromatic rings. The van der Waals surface area contributed by atoms with Gasteiger partial charge in [0, 0.05) is 25.0 Å². The van der Waals surface area contributed by atoms with Gasteiger partial charge in [-0.1, -0.05) is 0 Å². The quantitative estimate of drug-likeness (QED) is 0.779. The Hall–Kier alpha value is -1.73. The molecule has 1 aliphatic rings. The van der Waals surface area contributed by atoms with Crippen molar-refractivity contribution in [3.05, 3.63) is 29.1 Å². The van der Waals surface area contributed by atoms with Gasteiger partial charge in [-0.25, -0.2) is 8.78 Å². The first-order valence-electron chi connectivity index (χ1n) is 5.38. The lowest BCUT2D eigenvalue weighted by Gasteiger charge is -2.16. The molecule has 2 heterocycles. The van der Waals surface area contributed by atoms with E-state index >= 15 is 0 Å². The van der Waals surface area contributed by atoms with Crippen LogP contribution in [0.15, 0.2) is 12.3 Å². The summed E-state index contributed by atoms with van der Waals surface area (Å²) in [4.78, 5) is 15.4. The molecule has 1 aliphatic heterocycles. The minimum atomic E-state index is -4.93. The van der Waals surface area contributed by atoms with Crippen molar-refractivity contribution in [2.24, 2.45) is 0 Å². The number of fused-ring (bicyclic) bond motifs is 1. The highest BCUT2D eigenvalue weighted by Gasteiger charge is 2.44. The van der Waals surface area contributed by atoms with E-state index in [1.165, 1.54) is 12.3 Å². The van der Waals surface area contributed by atoms with Gasteiger partial charge in [0.15, 0.2) is 0 Å². The fraction of sp³-hybridized carbons (Fsp3) is 0.455. The summed E-state index contributed by atoms with van der Waals surface area (Å²) in [6.07, 6.45) is -6.81. The van der Waals surface area contributed by atoms with Gasteiger partial charge in [-0.3, -0.25) is 9.78 Å². The second-order valence-electron chi connectivity index (χ2n) is 4.20. The van der Waals surface area contributed by atoms with Crippen molar-refractivity contribution in [3.63, 3.8) is 0 Å². The SMILES string of the molecule is O=C(N1Cc2cnc(CC(F)F)cc2C1)C(F)(F)F. The van der Waals surface area contributed by atoms with E-state index in [0.717, 1.165) is 0 Å². The number of amides is 1. The smallest absolute Gasteiger partial charge is 0.326 e. The zero-order valence-corrected chi connectivity index (χ0v) is 9.55. The second kappa shape index (κ2) is 4.75. The first kappa shape index (κ1) is 13.7. The van der Waals surface area contributed by atoms with Crippen molar-refractivity contribution >= 4 is 5.91 Å². The highest BCUT2D eigenvalue weighted by molar-refractivity contribution is 5.82. The van der Waals surface area contributed by atoms with E-state index in [4.69, 9.17) is 0 Å². The maximum atomic E-state index is 12.3. The van der Waals surface area contributed by atoms with Gasteiger partial charge < -0.3 is 4.90 Å². The molecule has 0 aromatic carbocycles. The fourth-order valence-corrected chi connectivity index (χ4v) is 1.92. The molecule has 0 fully saturated rings. The third kappa shape index (κ3) is 2.99. The summed E-state index contributed by atoms with van der Waals surface area (Å²) in [7, 11) is 0. The lowest BCUT2D eigenvalue weighted by atomic mass is 10.1. The van der Waals surface area contributed by atoms with Crippen LogP contribution in [0.5, 0.6) is 0 Å². The molecule has 0 unspecified atom stereocenters. The van der Waals surface area contributed by atoms with Crippen LogP contribution in [0.25, 0.3) is 0 Å². The second-order valence-corrected chi connectivity index (χ2v) is 4.20. The summed E-state index contributed by atoms with van der Waals surface area (Å²) in [5.41, 5.74) is 0.994. The number of hydrogen-bond acceptors (Lipinski definition) is 2. The van der Waals surface area contributed by atoms with Crippen molar-refractivity contribution in [1.82, 2.24) is 9.88 Å². The highest BCUT2D eigenvalue weighted by Crippen LogP contribution is 2.28. The molecule has 1 amide bonds. The van der Waals surface area contributed by atoms with E-state index < -0.39 is 24.9 Å². The summed E-state index contributed by atoms with van der Waals surface area (Å²) in [5, 5.41) is 0. The van der Waals surface area contributed by atoms with Gasteiger partial charge in [-0.15, -0.1) is 0 Å². The Morgan fingerprint density at radius 1 is 1.32 bits per heavy atom. The molecule has 2 rings (SSSR count). The number of hydrogen-bond donors (Lipinski definition) is 0. The number of halogens is 5. The largest absolute Gasteiger partial charge is 0.471 e. The van der Waals surface area contributed by atoms with Crippen molar-refractivity contribution in [3.8, 4) is 0 Å². The predicted octanol–water partition coefficient (Wildman–Crippen LogP) is 2.29. The maximum absolute atomic E-state index is 12.3. The molecule has 104 valence electrons.